The number of para-hydroxylation sites is 2. The van der Waals surface area contributed by atoms with E-state index in [2.05, 4.69) is 203 Å². The molecule has 0 aliphatic rings. The standard InChI is InChI=1S/C54H32N2S2/c1-5-13-45-39(9-1)41-29-31-49-51(43-11-3-7-15-47(43)57-49)53(41)55(45)37-25-21-35(22-26-37)33-17-19-34(20-18-33)36-23-27-38(28-24-36)56-46-14-6-2-10-40(46)42-30-32-50-52(54(42)56)44-12-4-8-16-48(44)58-50/h1-32H. The van der Waals surface area contributed by atoms with Crippen LogP contribution in [0.1, 0.15) is 0 Å². The minimum Gasteiger partial charge on any atom is -0.309 e. The summed E-state index contributed by atoms with van der Waals surface area (Å²) in [7, 11) is 0. The predicted octanol–water partition coefficient (Wildman–Crippen LogP) is 16.0. The van der Waals surface area contributed by atoms with Crippen LogP contribution in [-0.2, 0) is 0 Å². The normalized spacial score (nSPS) is 12.1. The second kappa shape index (κ2) is 12.3. The van der Waals surface area contributed by atoms with Gasteiger partial charge in [-0.3, -0.25) is 0 Å². The van der Waals surface area contributed by atoms with Gasteiger partial charge in [-0.05, 0) is 82.9 Å². The van der Waals surface area contributed by atoms with Crippen LogP contribution in [0, 0.1) is 0 Å². The molecule has 0 bridgehead atoms. The van der Waals surface area contributed by atoms with Crippen molar-refractivity contribution in [1.82, 2.24) is 9.13 Å². The van der Waals surface area contributed by atoms with Crippen LogP contribution in [0.3, 0.4) is 0 Å². The van der Waals surface area contributed by atoms with E-state index in [1.54, 1.807) is 0 Å². The summed E-state index contributed by atoms with van der Waals surface area (Å²) in [5.41, 5.74) is 12.2. The van der Waals surface area contributed by atoms with Crippen LogP contribution in [0.2, 0.25) is 0 Å². The maximum absolute atomic E-state index is 2.47. The number of nitrogens with zero attached hydrogens (tertiary/aromatic N) is 2. The summed E-state index contributed by atoms with van der Waals surface area (Å²) in [6, 6.07) is 71.7. The second-order valence-corrected chi connectivity index (χ2v) is 17.4. The Bertz CT molecular complexity index is 3510. The molecule has 0 N–H and O–H groups in total. The van der Waals surface area contributed by atoms with Gasteiger partial charge in [-0.25, -0.2) is 0 Å². The molecule has 58 heavy (non-hydrogen) atoms. The third-order valence-electron chi connectivity index (χ3n) is 12.2. The highest BCUT2D eigenvalue weighted by molar-refractivity contribution is 7.26. The van der Waals surface area contributed by atoms with Gasteiger partial charge in [0.25, 0.3) is 0 Å². The molecule has 4 heteroatoms. The third-order valence-corrected chi connectivity index (χ3v) is 14.4. The van der Waals surface area contributed by atoms with Crippen molar-refractivity contribution >= 4 is 107 Å². The highest BCUT2D eigenvalue weighted by Crippen LogP contribution is 2.45. The van der Waals surface area contributed by atoms with Gasteiger partial charge in [-0.1, -0.05) is 133 Å². The average molecular weight is 773 g/mol. The van der Waals surface area contributed by atoms with Gasteiger partial charge >= 0.3 is 0 Å². The van der Waals surface area contributed by atoms with Crippen molar-refractivity contribution in [2.24, 2.45) is 0 Å². The lowest BCUT2D eigenvalue weighted by Gasteiger charge is -2.12. The van der Waals surface area contributed by atoms with E-state index >= 15 is 0 Å². The van der Waals surface area contributed by atoms with Gasteiger partial charge in [0.05, 0.1) is 22.1 Å². The third kappa shape index (κ3) is 4.58. The van der Waals surface area contributed by atoms with Crippen LogP contribution in [0.15, 0.2) is 194 Å². The van der Waals surface area contributed by atoms with Crippen molar-refractivity contribution in [3.8, 4) is 33.6 Å². The topological polar surface area (TPSA) is 9.86 Å². The summed E-state index contributed by atoms with van der Waals surface area (Å²) < 4.78 is 10.2. The molecule has 0 spiro atoms. The first-order valence-electron chi connectivity index (χ1n) is 19.8. The van der Waals surface area contributed by atoms with Gasteiger partial charge in [0.2, 0.25) is 0 Å². The Morgan fingerprint density at radius 3 is 1.02 bits per heavy atom. The smallest absolute Gasteiger partial charge is 0.0634 e. The summed E-state index contributed by atoms with van der Waals surface area (Å²) in [5, 5.41) is 10.5. The fourth-order valence-corrected chi connectivity index (χ4v) is 11.7. The molecular weight excluding hydrogens is 741 g/mol. The molecule has 0 radical (unpaired) electrons. The van der Waals surface area contributed by atoms with Crippen molar-refractivity contribution in [2.75, 3.05) is 0 Å². The second-order valence-electron chi connectivity index (χ2n) is 15.2. The van der Waals surface area contributed by atoms with E-state index in [0.29, 0.717) is 0 Å². The van der Waals surface area contributed by atoms with Crippen molar-refractivity contribution in [2.45, 2.75) is 0 Å². The van der Waals surface area contributed by atoms with Gasteiger partial charge < -0.3 is 9.13 Å². The predicted molar refractivity (Wildman–Crippen MR) is 252 cm³/mol. The van der Waals surface area contributed by atoms with Gasteiger partial charge in [-0.2, -0.15) is 0 Å². The maximum Gasteiger partial charge on any atom is 0.0634 e. The number of hydrogen-bond acceptors (Lipinski definition) is 2. The fourth-order valence-electron chi connectivity index (χ4n) is 9.53. The molecule has 0 saturated carbocycles. The quantitative estimate of drug-likeness (QED) is 0.169. The number of thiophene rings is 2. The number of rotatable bonds is 4. The summed E-state index contributed by atoms with van der Waals surface area (Å²) in [6.07, 6.45) is 0. The first kappa shape index (κ1) is 32.1. The van der Waals surface area contributed by atoms with E-state index in [1.807, 2.05) is 22.7 Å². The molecule has 13 aromatic rings. The molecule has 270 valence electrons. The monoisotopic (exact) mass is 772 g/mol. The van der Waals surface area contributed by atoms with Crippen LogP contribution >= 0.6 is 22.7 Å². The molecule has 13 rings (SSSR count). The van der Waals surface area contributed by atoms with Crippen LogP contribution < -0.4 is 0 Å². The first-order chi connectivity index (χ1) is 28.8. The van der Waals surface area contributed by atoms with E-state index < -0.39 is 0 Å². The molecule has 0 saturated heterocycles. The zero-order valence-corrected chi connectivity index (χ0v) is 32.8. The van der Waals surface area contributed by atoms with E-state index in [1.165, 1.54) is 118 Å². The largest absolute Gasteiger partial charge is 0.309 e. The maximum atomic E-state index is 2.47. The summed E-state index contributed by atoms with van der Waals surface area (Å²) in [4.78, 5) is 0. The first-order valence-corrected chi connectivity index (χ1v) is 21.4. The Balaban J connectivity index is 0.864. The minimum absolute atomic E-state index is 1.17. The molecule has 0 fully saturated rings. The Labute approximate surface area is 341 Å². The van der Waals surface area contributed by atoms with Crippen molar-refractivity contribution < 1.29 is 0 Å². The summed E-state index contributed by atoms with van der Waals surface area (Å²) in [6.45, 7) is 0. The fraction of sp³-hybridized carbons (Fsp3) is 0. The molecular formula is C54H32N2S2. The molecule has 9 aromatic carbocycles. The van der Waals surface area contributed by atoms with Crippen molar-refractivity contribution in [3.05, 3.63) is 194 Å². The zero-order valence-electron chi connectivity index (χ0n) is 31.2. The highest BCUT2D eigenvalue weighted by Gasteiger charge is 2.20. The molecule has 0 amide bonds. The van der Waals surface area contributed by atoms with Gasteiger partial charge in [0.1, 0.15) is 0 Å². The van der Waals surface area contributed by atoms with E-state index in [0.717, 1.165) is 0 Å². The lowest BCUT2D eigenvalue weighted by molar-refractivity contribution is 1.19. The molecule has 2 nitrogen and oxygen atoms in total. The van der Waals surface area contributed by atoms with E-state index in [4.69, 9.17) is 0 Å². The molecule has 0 atom stereocenters. The molecule has 4 aromatic heterocycles. The number of fused-ring (bicyclic) bond motifs is 14. The lowest BCUT2D eigenvalue weighted by atomic mass is 10.00. The SMILES string of the molecule is c1ccc2c(c1)sc1ccc3c4ccccc4n(-c4ccc(-c5ccc(-c6ccc(-n7c8ccccc8c8ccc9sc%10ccccc%10c9c87)cc6)cc5)cc4)c3c12. The lowest BCUT2D eigenvalue weighted by Crippen LogP contribution is -1.94. The number of aromatic nitrogens is 2. The van der Waals surface area contributed by atoms with Crippen molar-refractivity contribution in [3.63, 3.8) is 0 Å². The Kier molecular flexibility index (Phi) is 6.79. The Hall–Kier alpha value is -6.98. The highest BCUT2D eigenvalue weighted by atomic mass is 32.1. The van der Waals surface area contributed by atoms with Crippen molar-refractivity contribution in [1.29, 1.82) is 0 Å². The summed E-state index contributed by atoms with van der Waals surface area (Å²) in [5.74, 6) is 0. The van der Waals surface area contributed by atoms with Crippen LogP contribution in [0.4, 0.5) is 0 Å². The number of hydrogen-bond donors (Lipinski definition) is 0. The Morgan fingerprint density at radius 2 is 0.603 bits per heavy atom. The van der Waals surface area contributed by atoms with Gasteiger partial charge in [0, 0.05) is 73.3 Å². The van der Waals surface area contributed by atoms with Crippen LogP contribution in [0.25, 0.3) is 118 Å². The molecule has 0 aliphatic carbocycles. The number of benzene rings is 9. The molecule has 4 heterocycles. The Morgan fingerprint density at radius 1 is 0.259 bits per heavy atom. The van der Waals surface area contributed by atoms with E-state index in [-0.39, 0.29) is 0 Å². The van der Waals surface area contributed by atoms with E-state index in [9.17, 15) is 0 Å². The van der Waals surface area contributed by atoms with Crippen LogP contribution in [0.5, 0.6) is 0 Å². The van der Waals surface area contributed by atoms with Gasteiger partial charge in [0.15, 0.2) is 0 Å². The molecule has 0 unspecified atom stereocenters. The zero-order chi connectivity index (χ0) is 37.9. The summed E-state index contributed by atoms with van der Waals surface area (Å²) >= 11 is 3.75. The molecule has 0 aliphatic heterocycles. The average Bonchev–Trinajstić information content (AvgIpc) is 4.04. The van der Waals surface area contributed by atoms with Gasteiger partial charge in [-0.15, -0.1) is 22.7 Å². The minimum atomic E-state index is 1.17. The van der Waals surface area contributed by atoms with Crippen LogP contribution in [-0.4, -0.2) is 9.13 Å².